The first kappa shape index (κ1) is 18.6. The van der Waals surface area contributed by atoms with Gasteiger partial charge in [0.25, 0.3) is 0 Å². The maximum Gasteiger partial charge on any atom is 0.223 e. The minimum absolute atomic E-state index is 0.241. The molecule has 1 amide bonds. The van der Waals surface area contributed by atoms with E-state index in [1.807, 2.05) is 41.3 Å². The number of rotatable bonds is 6. The lowest BCUT2D eigenvalue weighted by Crippen LogP contribution is -2.48. The van der Waals surface area contributed by atoms with Gasteiger partial charge in [0.1, 0.15) is 5.82 Å². The second-order valence-corrected chi connectivity index (χ2v) is 7.74. The molecule has 144 valence electrons. The SMILES string of the molecule is O=C(CCc1ccccc1)N1CCN(c2nc(Cc3ccccc3)ns2)CC1. The molecule has 0 spiro atoms. The second kappa shape index (κ2) is 8.97. The van der Waals surface area contributed by atoms with Crippen LogP contribution in [-0.4, -0.2) is 46.3 Å². The van der Waals surface area contributed by atoms with Crippen LogP contribution >= 0.6 is 11.5 Å². The number of amides is 1. The van der Waals surface area contributed by atoms with Gasteiger partial charge >= 0.3 is 0 Å². The lowest BCUT2D eigenvalue weighted by molar-refractivity contribution is -0.131. The van der Waals surface area contributed by atoms with Crippen LogP contribution in [0.1, 0.15) is 23.4 Å². The van der Waals surface area contributed by atoms with Crippen molar-refractivity contribution in [3.8, 4) is 0 Å². The van der Waals surface area contributed by atoms with Crippen LogP contribution in [0, 0.1) is 0 Å². The maximum atomic E-state index is 12.5. The zero-order valence-electron chi connectivity index (χ0n) is 15.8. The molecule has 0 saturated carbocycles. The number of aromatic nitrogens is 2. The molecule has 1 aliphatic heterocycles. The van der Waals surface area contributed by atoms with Crippen molar-refractivity contribution < 1.29 is 4.79 Å². The van der Waals surface area contributed by atoms with E-state index in [4.69, 9.17) is 4.98 Å². The van der Waals surface area contributed by atoms with Crippen molar-refractivity contribution in [2.75, 3.05) is 31.1 Å². The highest BCUT2D eigenvalue weighted by molar-refractivity contribution is 7.09. The standard InChI is InChI=1S/C22H24N4OS/c27-21(12-11-18-7-3-1-4-8-18)25-13-15-26(16-14-25)22-23-20(24-28-22)17-19-9-5-2-6-10-19/h1-10H,11-17H2. The Bertz CT molecular complexity index is 889. The first-order valence-electron chi connectivity index (χ1n) is 9.71. The lowest BCUT2D eigenvalue weighted by Gasteiger charge is -2.34. The number of hydrogen-bond donors (Lipinski definition) is 0. The van der Waals surface area contributed by atoms with Gasteiger partial charge in [-0.3, -0.25) is 4.79 Å². The van der Waals surface area contributed by atoms with Crippen molar-refractivity contribution in [1.82, 2.24) is 14.3 Å². The summed E-state index contributed by atoms with van der Waals surface area (Å²) in [6.07, 6.45) is 2.14. The van der Waals surface area contributed by atoms with Crippen LogP contribution in [0.15, 0.2) is 60.7 Å². The zero-order valence-corrected chi connectivity index (χ0v) is 16.6. The van der Waals surface area contributed by atoms with E-state index in [1.54, 1.807) is 0 Å². The molecule has 1 saturated heterocycles. The molecule has 1 aliphatic rings. The van der Waals surface area contributed by atoms with E-state index in [0.29, 0.717) is 6.42 Å². The van der Waals surface area contributed by atoms with E-state index in [9.17, 15) is 4.79 Å². The molecule has 0 N–H and O–H groups in total. The number of carbonyl (C=O) groups excluding carboxylic acids is 1. The van der Waals surface area contributed by atoms with Crippen molar-refractivity contribution in [2.24, 2.45) is 0 Å². The van der Waals surface area contributed by atoms with E-state index in [2.05, 4.69) is 33.5 Å². The normalized spacial score (nSPS) is 14.3. The fourth-order valence-corrected chi connectivity index (χ4v) is 4.16. The van der Waals surface area contributed by atoms with E-state index < -0.39 is 0 Å². The summed E-state index contributed by atoms with van der Waals surface area (Å²) in [7, 11) is 0. The van der Waals surface area contributed by atoms with Gasteiger partial charge in [0.2, 0.25) is 11.0 Å². The third kappa shape index (κ3) is 4.75. The Kier molecular flexibility index (Phi) is 5.97. The molecule has 3 aromatic rings. The molecule has 2 heterocycles. The van der Waals surface area contributed by atoms with Gasteiger partial charge in [-0.25, -0.2) is 4.98 Å². The largest absolute Gasteiger partial charge is 0.343 e. The van der Waals surface area contributed by atoms with Crippen LogP contribution in [0.3, 0.4) is 0 Å². The quantitative estimate of drug-likeness (QED) is 0.645. The molecule has 0 unspecified atom stereocenters. The number of piperazine rings is 1. The molecule has 2 aromatic carbocycles. The van der Waals surface area contributed by atoms with Gasteiger partial charge in [-0.2, -0.15) is 4.37 Å². The van der Waals surface area contributed by atoms with Crippen LogP contribution in [0.5, 0.6) is 0 Å². The van der Waals surface area contributed by atoms with Crippen LogP contribution in [0.25, 0.3) is 0 Å². The number of nitrogens with zero attached hydrogens (tertiary/aromatic N) is 4. The predicted molar refractivity (Wildman–Crippen MR) is 113 cm³/mol. The topological polar surface area (TPSA) is 49.3 Å². The van der Waals surface area contributed by atoms with E-state index in [0.717, 1.165) is 50.0 Å². The van der Waals surface area contributed by atoms with Gasteiger partial charge in [0, 0.05) is 50.6 Å². The summed E-state index contributed by atoms with van der Waals surface area (Å²) in [5.74, 6) is 1.11. The molecule has 0 bridgehead atoms. The molecule has 28 heavy (non-hydrogen) atoms. The zero-order chi connectivity index (χ0) is 19.2. The third-order valence-electron chi connectivity index (χ3n) is 5.04. The molecule has 6 heteroatoms. The Labute approximate surface area is 169 Å². The Morgan fingerprint density at radius 2 is 1.54 bits per heavy atom. The van der Waals surface area contributed by atoms with Crippen molar-refractivity contribution in [2.45, 2.75) is 19.3 Å². The molecule has 0 radical (unpaired) electrons. The molecular formula is C22H24N4OS. The van der Waals surface area contributed by atoms with E-state index in [-0.39, 0.29) is 5.91 Å². The van der Waals surface area contributed by atoms with E-state index >= 15 is 0 Å². The van der Waals surface area contributed by atoms with E-state index in [1.165, 1.54) is 22.7 Å². The monoisotopic (exact) mass is 392 g/mol. The van der Waals surface area contributed by atoms with Gasteiger partial charge in [-0.1, -0.05) is 60.7 Å². The molecular weight excluding hydrogens is 368 g/mol. The van der Waals surface area contributed by atoms with Gasteiger partial charge in [0.15, 0.2) is 0 Å². The van der Waals surface area contributed by atoms with Gasteiger partial charge in [-0.05, 0) is 17.5 Å². The fourth-order valence-electron chi connectivity index (χ4n) is 3.42. The highest BCUT2D eigenvalue weighted by Crippen LogP contribution is 2.21. The fraction of sp³-hybridized carbons (Fsp3) is 0.318. The van der Waals surface area contributed by atoms with Crippen molar-refractivity contribution in [3.63, 3.8) is 0 Å². The summed E-state index contributed by atoms with van der Waals surface area (Å²) in [6, 6.07) is 20.5. The molecule has 1 fully saturated rings. The Hall–Kier alpha value is -2.73. The average molecular weight is 393 g/mol. The predicted octanol–water partition coefficient (Wildman–Crippen LogP) is 3.41. The number of carbonyl (C=O) groups is 1. The summed E-state index contributed by atoms with van der Waals surface area (Å²) in [5, 5.41) is 0.960. The smallest absolute Gasteiger partial charge is 0.223 e. The number of aryl methyl sites for hydroxylation is 1. The Morgan fingerprint density at radius 1 is 0.893 bits per heavy atom. The summed E-state index contributed by atoms with van der Waals surface area (Å²) < 4.78 is 4.51. The number of benzene rings is 2. The van der Waals surface area contributed by atoms with Crippen LogP contribution in [0.4, 0.5) is 5.13 Å². The first-order chi connectivity index (χ1) is 13.8. The van der Waals surface area contributed by atoms with Crippen LogP contribution in [-0.2, 0) is 17.6 Å². The summed E-state index contributed by atoms with van der Waals surface area (Å²) in [6.45, 7) is 3.14. The average Bonchev–Trinajstić information content (AvgIpc) is 3.22. The Morgan fingerprint density at radius 3 is 2.21 bits per heavy atom. The summed E-state index contributed by atoms with van der Waals surface area (Å²) in [5.41, 5.74) is 2.44. The Balaban J connectivity index is 1.26. The molecule has 5 nitrogen and oxygen atoms in total. The second-order valence-electron chi connectivity index (χ2n) is 7.01. The summed E-state index contributed by atoms with van der Waals surface area (Å²) >= 11 is 1.45. The first-order valence-corrected chi connectivity index (χ1v) is 10.5. The number of anilines is 1. The molecule has 1 aromatic heterocycles. The molecule has 0 atom stereocenters. The summed E-state index contributed by atoms with van der Waals surface area (Å²) in [4.78, 5) is 21.4. The minimum atomic E-state index is 0.241. The van der Waals surface area contributed by atoms with Gasteiger partial charge in [-0.15, -0.1) is 0 Å². The number of hydrogen-bond acceptors (Lipinski definition) is 5. The maximum absolute atomic E-state index is 12.5. The van der Waals surface area contributed by atoms with Crippen LogP contribution in [0.2, 0.25) is 0 Å². The van der Waals surface area contributed by atoms with Crippen molar-refractivity contribution in [1.29, 1.82) is 0 Å². The highest BCUT2D eigenvalue weighted by atomic mass is 32.1. The molecule has 0 aliphatic carbocycles. The van der Waals surface area contributed by atoms with Crippen LogP contribution < -0.4 is 4.90 Å². The van der Waals surface area contributed by atoms with Gasteiger partial charge in [0.05, 0.1) is 0 Å². The van der Waals surface area contributed by atoms with Crippen molar-refractivity contribution >= 4 is 22.6 Å². The van der Waals surface area contributed by atoms with Gasteiger partial charge < -0.3 is 9.80 Å². The highest BCUT2D eigenvalue weighted by Gasteiger charge is 2.23. The van der Waals surface area contributed by atoms with Crippen molar-refractivity contribution in [3.05, 3.63) is 77.6 Å². The molecule has 4 rings (SSSR count). The minimum Gasteiger partial charge on any atom is -0.343 e. The third-order valence-corrected chi connectivity index (χ3v) is 5.85. The lowest BCUT2D eigenvalue weighted by atomic mass is 10.1.